The Morgan fingerprint density at radius 1 is 1.25 bits per heavy atom. The smallest absolute Gasteiger partial charge is 0.234 e. The highest BCUT2D eigenvalue weighted by atomic mass is 35.5. The van der Waals surface area contributed by atoms with Gasteiger partial charge in [-0.15, -0.1) is 0 Å². The second kappa shape index (κ2) is 7.74. The summed E-state index contributed by atoms with van der Waals surface area (Å²) in [4.78, 5) is 16.3. The lowest BCUT2D eigenvalue weighted by atomic mass is 10.2. The number of nitrogens with zero attached hydrogens (tertiary/aromatic N) is 2. The Balaban J connectivity index is 1.59. The van der Waals surface area contributed by atoms with Gasteiger partial charge in [-0.3, -0.25) is 4.79 Å². The summed E-state index contributed by atoms with van der Waals surface area (Å²) in [6, 6.07) is 13.1. The number of rotatable bonds is 5. The van der Waals surface area contributed by atoms with Crippen molar-refractivity contribution in [1.82, 2.24) is 9.36 Å². The minimum Gasteiger partial charge on any atom is -0.325 e. The molecule has 0 aliphatic carbocycles. The maximum absolute atomic E-state index is 13.1. The van der Waals surface area contributed by atoms with E-state index in [1.54, 1.807) is 18.2 Å². The van der Waals surface area contributed by atoms with Crippen LogP contribution in [0.1, 0.15) is 0 Å². The number of anilines is 1. The van der Waals surface area contributed by atoms with E-state index in [9.17, 15) is 9.18 Å². The third-order valence-corrected chi connectivity index (χ3v) is 5.12. The van der Waals surface area contributed by atoms with E-state index >= 15 is 0 Å². The average Bonchev–Trinajstić information content (AvgIpc) is 3.02. The SMILES string of the molecule is O=C(CSc1nc(-c2ccccc2Cl)ns1)Nc1cccc(F)c1. The van der Waals surface area contributed by atoms with Crippen molar-refractivity contribution in [2.75, 3.05) is 11.1 Å². The lowest BCUT2D eigenvalue weighted by molar-refractivity contribution is -0.113. The van der Waals surface area contributed by atoms with E-state index in [4.69, 9.17) is 11.6 Å². The highest BCUT2D eigenvalue weighted by Gasteiger charge is 2.11. The molecular weight excluding hydrogens is 369 g/mol. The van der Waals surface area contributed by atoms with Gasteiger partial charge in [0.2, 0.25) is 5.91 Å². The van der Waals surface area contributed by atoms with Crippen LogP contribution >= 0.6 is 34.9 Å². The standard InChI is InChI=1S/C16H11ClFN3OS2/c17-13-7-2-1-6-12(13)15-20-16(24-21-15)23-9-14(22)19-11-5-3-4-10(18)8-11/h1-8H,9H2,(H,19,22). The van der Waals surface area contributed by atoms with Gasteiger partial charge in [-0.05, 0) is 41.9 Å². The van der Waals surface area contributed by atoms with Gasteiger partial charge in [-0.25, -0.2) is 9.37 Å². The molecule has 0 fully saturated rings. The normalized spacial score (nSPS) is 10.6. The molecule has 0 aliphatic heterocycles. The van der Waals surface area contributed by atoms with Crippen molar-refractivity contribution in [3.05, 3.63) is 59.4 Å². The summed E-state index contributed by atoms with van der Waals surface area (Å²) in [5, 5.41) is 3.22. The predicted molar refractivity (Wildman–Crippen MR) is 96.1 cm³/mol. The maximum Gasteiger partial charge on any atom is 0.234 e. The summed E-state index contributed by atoms with van der Waals surface area (Å²) < 4.78 is 18.0. The number of aromatic nitrogens is 2. The average molecular weight is 380 g/mol. The van der Waals surface area contributed by atoms with E-state index in [-0.39, 0.29) is 11.7 Å². The molecule has 2 aromatic carbocycles. The quantitative estimate of drug-likeness (QED) is 0.651. The third kappa shape index (κ3) is 4.31. The minimum absolute atomic E-state index is 0.160. The van der Waals surface area contributed by atoms with E-state index in [1.807, 2.05) is 18.2 Å². The van der Waals surface area contributed by atoms with Crippen LogP contribution in [0.4, 0.5) is 10.1 Å². The van der Waals surface area contributed by atoms with Crippen LogP contribution in [0.5, 0.6) is 0 Å². The fourth-order valence-corrected chi connectivity index (χ4v) is 3.54. The van der Waals surface area contributed by atoms with Gasteiger partial charge in [0.05, 0.1) is 10.8 Å². The molecule has 0 bridgehead atoms. The van der Waals surface area contributed by atoms with E-state index in [2.05, 4.69) is 14.7 Å². The van der Waals surface area contributed by atoms with Crippen LogP contribution in [0.2, 0.25) is 5.02 Å². The van der Waals surface area contributed by atoms with Crippen molar-refractivity contribution in [1.29, 1.82) is 0 Å². The molecule has 0 saturated carbocycles. The van der Waals surface area contributed by atoms with Gasteiger partial charge >= 0.3 is 0 Å². The Morgan fingerprint density at radius 2 is 2.08 bits per heavy atom. The fraction of sp³-hybridized carbons (Fsp3) is 0.0625. The predicted octanol–water partition coefficient (Wildman–Crippen LogP) is 4.73. The topological polar surface area (TPSA) is 54.9 Å². The van der Waals surface area contributed by atoms with Crippen LogP contribution in [-0.2, 0) is 4.79 Å². The monoisotopic (exact) mass is 379 g/mol. The van der Waals surface area contributed by atoms with Crippen molar-refractivity contribution < 1.29 is 9.18 Å². The van der Waals surface area contributed by atoms with Gasteiger partial charge in [0.15, 0.2) is 10.2 Å². The fourth-order valence-electron chi connectivity index (χ4n) is 1.91. The first-order valence-corrected chi connectivity index (χ1v) is 9.02. The number of nitrogens with one attached hydrogen (secondary N) is 1. The molecule has 1 aromatic heterocycles. The molecule has 3 rings (SSSR count). The molecule has 3 aromatic rings. The molecule has 0 saturated heterocycles. The molecule has 8 heteroatoms. The van der Waals surface area contributed by atoms with Crippen molar-refractivity contribution in [2.24, 2.45) is 0 Å². The van der Waals surface area contributed by atoms with Gasteiger partial charge in [-0.1, -0.05) is 41.6 Å². The van der Waals surface area contributed by atoms with Crippen LogP contribution < -0.4 is 5.32 Å². The van der Waals surface area contributed by atoms with Crippen LogP contribution in [0.15, 0.2) is 52.9 Å². The summed E-state index contributed by atoms with van der Waals surface area (Å²) in [5.74, 6) is 0.0703. The van der Waals surface area contributed by atoms with E-state index in [0.29, 0.717) is 20.9 Å². The summed E-state index contributed by atoms with van der Waals surface area (Å²) in [6.45, 7) is 0. The molecule has 1 N–H and O–H groups in total. The molecule has 0 spiro atoms. The largest absolute Gasteiger partial charge is 0.325 e. The molecule has 0 atom stereocenters. The second-order valence-corrected chi connectivity index (χ2v) is 7.09. The molecule has 122 valence electrons. The minimum atomic E-state index is -0.394. The Labute approximate surface area is 151 Å². The number of benzene rings is 2. The van der Waals surface area contributed by atoms with E-state index in [1.165, 1.54) is 35.4 Å². The van der Waals surface area contributed by atoms with Gasteiger partial charge in [0, 0.05) is 11.3 Å². The van der Waals surface area contributed by atoms with Crippen LogP contribution in [0, 0.1) is 5.82 Å². The summed E-state index contributed by atoms with van der Waals surface area (Å²) in [7, 11) is 0. The highest BCUT2D eigenvalue weighted by molar-refractivity contribution is 8.01. The lowest BCUT2D eigenvalue weighted by Crippen LogP contribution is -2.13. The summed E-state index contributed by atoms with van der Waals surface area (Å²) in [6.07, 6.45) is 0. The molecular formula is C16H11ClFN3OS2. The maximum atomic E-state index is 13.1. The first kappa shape index (κ1) is 16.9. The van der Waals surface area contributed by atoms with Crippen LogP contribution in [-0.4, -0.2) is 21.0 Å². The molecule has 4 nitrogen and oxygen atoms in total. The zero-order valence-electron chi connectivity index (χ0n) is 12.2. The Bertz CT molecular complexity index is 872. The molecule has 0 aliphatic rings. The Kier molecular flexibility index (Phi) is 5.44. The van der Waals surface area contributed by atoms with Crippen LogP contribution in [0.25, 0.3) is 11.4 Å². The van der Waals surface area contributed by atoms with Gasteiger partial charge in [0.1, 0.15) is 5.82 Å². The van der Waals surface area contributed by atoms with Crippen molar-refractivity contribution >= 4 is 46.5 Å². The summed E-state index contributed by atoms with van der Waals surface area (Å²) in [5.41, 5.74) is 1.18. The lowest BCUT2D eigenvalue weighted by Gasteiger charge is -2.03. The number of hydrogen-bond donors (Lipinski definition) is 1. The van der Waals surface area contributed by atoms with Gasteiger partial charge in [-0.2, -0.15) is 4.37 Å². The van der Waals surface area contributed by atoms with Crippen molar-refractivity contribution in [2.45, 2.75) is 4.34 Å². The Morgan fingerprint density at radius 3 is 2.88 bits per heavy atom. The first-order valence-electron chi connectivity index (χ1n) is 6.88. The second-order valence-electron chi connectivity index (χ2n) is 4.71. The van der Waals surface area contributed by atoms with E-state index < -0.39 is 5.82 Å². The number of carbonyl (C=O) groups is 1. The molecule has 0 unspecified atom stereocenters. The van der Waals surface area contributed by atoms with E-state index in [0.717, 1.165) is 5.56 Å². The Hall–Kier alpha value is -1.96. The molecule has 1 heterocycles. The van der Waals surface area contributed by atoms with Crippen LogP contribution in [0.3, 0.4) is 0 Å². The highest BCUT2D eigenvalue weighted by Crippen LogP contribution is 2.29. The molecule has 24 heavy (non-hydrogen) atoms. The van der Waals surface area contributed by atoms with Gasteiger partial charge in [0.25, 0.3) is 0 Å². The molecule has 0 radical (unpaired) electrons. The zero-order valence-corrected chi connectivity index (χ0v) is 14.6. The van der Waals surface area contributed by atoms with Crippen molar-refractivity contribution in [3.8, 4) is 11.4 Å². The van der Waals surface area contributed by atoms with Crippen molar-refractivity contribution in [3.63, 3.8) is 0 Å². The number of carbonyl (C=O) groups excluding carboxylic acids is 1. The zero-order chi connectivity index (χ0) is 16.9. The molecule has 1 amide bonds. The number of amides is 1. The number of thioether (sulfide) groups is 1. The number of hydrogen-bond acceptors (Lipinski definition) is 5. The summed E-state index contributed by atoms with van der Waals surface area (Å²) >= 11 is 8.60. The van der Waals surface area contributed by atoms with Gasteiger partial charge < -0.3 is 5.32 Å². The number of halogens is 2. The third-order valence-electron chi connectivity index (χ3n) is 2.96. The first-order chi connectivity index (χ1) is 11.6.